The molecular weight excluding hydrogens is 529 g/mol. The van der Waals surface area contributed by atoms with Crippen LogP contribution in [0.4, 0.5) is 0 Å². The lowest BCUT2D eigenvalue weighted by Gasteiger charge is -2.28. The highest BCUT2D eigenvalue weighted by Gasteiger charge is 2.34. The summed E-state index contributed by atoms with van der Waals surface area (Å²) >= 11 is 0. The highest BCUT2D eigenvalue weighted by Crippen LogP contribution is 2.45. The first kappa shape index (κ1) is 30.7. The number of allylic oxidation sites excluding steroid dienone is 4. The highest BCUT2D eigenvalue weighted by molar-refractivity contribution is 6.91. The monoisotopic (exact) mass is 579 g/mol. The van der Waals surface area contributed by atoms with Crippen molar-refractivity contribution >= 4 is 51.3 Å². The molecular formula is C37H51Si3. The van der Waals surface area contributed by atoms with Gasteiger partial charge >= 0.3 is 0 Å². The number of hydrogen-bond donors (Lipinski definition) is 0. The van der Waals surface area contributed by atoms with Gasteiger partial charge in [-0.05, 0) is 76.8 Å². The summed E-state index contributed by atoms with van der Waals surface area (Å²) in [7, 11) is -3.95. The quantitative estimate of drug-likeness (QED) is 0.248. The van der Waals surface area contributed by atoms with Gasteiger partial charge in [0.25, 0.3) is 0 Å². The molecule has 0 spiro atoms. The summed E-state index contributed by atoms with van der Waals surface area (Å²) in [6, 6.07) is 23.6. The molecule has 0 heterocycles. The lowest BCUT2D eigenvalue weighted by Crippen LogP contribution is -2.50. The maximum absolute atomic E-state index is 2.62. The molecule has 4 rings (SSSR count). The Morgan fingerprint density at radius 2 is 0.950 bits per heavy atom. The summed E-state index contributed by atoms with van der Waals surface area (Å²) in [6.07, 6.45) is 0. The molecule has 0 saturated heterocycles. The van der Waals surface area contributed by atoms with Gasteiger partial charge in [0, 0.05) is 5.92 Å². The molecule has 1 unspecified atom stereocenters. The van der Waals surface area contributed by atoms with E-state index in [4.69, 9.17) is 0 Å². The molecule has 40 heavy (non-hydrogen) atoms. The predicted octanol–water partition coefficient (Wildman–Crippen LogP) is 8.06. The molecule has 0 saturated carbocycles. The van der Waals surface area contributed by atoms with Gasteiger partial charge in [-0.25, -0.2) is 0 Å². The van der Waals surface area contributed by atoms with Gasteiger partial charge in [-0.2, -0.15) is 0 Å². The third-order valence-electron chi connectivity index (χ3n) is 8.95. The number of rotatable bonds is 7. The fourth-order valence-electron chi connectivity index (χ4n) is 6.43. The van der Waals surface area contributed by atoms with E-state index < -0.39 is 24.9 Å². The normalized spacial score (nSPS) is 16.5. The van der Waals surface area contributed by atoms with Crippen LogP contribution in [0.3, 0.4) is 0 Å². The molecule has 0 aromatic heterocycles. The van der Waals surface area contributed by atoms with Crippen molar-refractivity contribution in [1.29, 1.82) is 0 Å². The maximum atomic E-state index is 2.62. The molecule has 0 nitrogen and oxygen atoms in total. The molecule has 0 N–H and O–H groups in total. The molecule has 1 atom stereocenters. The standard InChI is InChI=1S/C37H51Si3/c1-24-14-25(2)16-31(15-24)37-30(7)28(5)29(6)36(37)23-38(32-17-26(3)19-34(21-32)39(8,9)10)33-18-27(4)20-35(22-33)40(11,12)13/h14-22,36H,23H2,1-13H3. The summed E-state index contributed by atoms with van der Waals surface area (Å²) in [6.45, 7) is 31.2. The van der Waals surface area contributed by atoms with E-state index >= 15 is 0 Å². The Labute approximate surface area is 249 Å². The Balaban J connectivity index is 1.94. The molecule has 3 heteroatoms. The summed E-state index contributed by atoms with van der Waals surface area (Å²) in [5, 5.41) is 6.40. The average molecular weight is 580 g/mol. The van der Waals surface area contributed by atoms with E-state index in [2.05, 4.69) is 142 Å². The molecule has 0 aliphatic heterocycles. The first-order valence-electron chi connectivity index (χ1n) is 15.0. The van der Waals surface area contributed by atoms with Crippen LogP contribution in [-0.4, -0.2) is 24.9 Å². The summed E-state index contributed by atoms with van der Waals surface area (Å²) in [5.41, 5.74) is 13.1. The molecule has 3 aromatic rings. The van der Waals surface area contributed by atoms with E-state index in [1.807, 2.05) is 0 Å². The Bertz CT molecular complexity index is 1420. The third-order valence-corrected chi connectivity index (χ3v) is 15.8. The van der Waals surface area contributed by atoms with Gasteiger partial charge in [0.05, 0.1) is 16.1 Å². The van der Waals surface area contributed by atoms with Crippen molar-refractivity contribution in [2.45, 2.75) is 93.8 Å². The zero-order valence-electron chi connectivity index (χ0n) is 27.5. The van der Waals surface area contributed by atoms with Gasteiger partial charge in [-0.15, -0.1) is 0 Å². The molecule has 3 aromatic carbocycles. The zero-order valence-corrected chi connectivity index (χ0v) is 30.5. The van der Waals surface area contributed by atoms with Crippen LogP contribution >= 0.6 is 0 Å². The van der Waals surface area contributed by atoms with Crippen molar-refractivity contribution in [1.82, 2.24) is 0 Å². The van der Waals surface area contributed by atoms with Gasteiger partial charge in [-0.1, -0.05) is 142 Å². The van der Waals surface area contributed by atoms with E-state index in [0.717, 1.165) is 0 Å². The summed E-state index contributed by atoms with van der Waals surface area (Å²) < 4.78 is 0. The second kappa shape index (κ2) is 11.2. The van der Waals surface area contributed by atoms with Crippen molar-refractivity contribution in [3.8, 4) is 0 Å². The minimum atomic E-state index is -1.45. The van der Waals surface area contributed by atoms with Crippen LogP contribution in [0.2, 0.25) is 45.3 Å². The first-order valence-corrected chi connectivity index (χ1v) is 23.7. The van der Waals surface area contributed by atoms with Gasteiger partial charge < -0.3 is 0 Å². The lowest BCUT2D eigenvalue weighted by atomic mass is 9.90. The Morgan fingerprint density at radius 3 is 1.38 bits per heavy atom. The van der Waals surface area contributed by atoms with Gasteiger partial charge in [0.15, 0.2) is 0 Å². The molecule has 1 aliphatic rings. The third kappa shape index (κ3) is 6.48. The van der Waals surface area contributed by atoms with Crippen LogP contribution < -0.4 is 20.7 Å². The molecule has 1 aliphatic carbocycles. The minimum absolute atomic E-state index is 0.460. The van der Waals surface area contributed by atoms with Crippen LogP contribution in [0.25, 0.3) is 5.57 Å². The fraction of sp³-hybridized carbons (Fsp3) is 0.405. The van der Waals surface area contributed by atoms with E-state index in [1.54, 1.807) is 31.9 Å². The topological polar surface area (TPSA) is 0 Å². The Kier molecular flexibility index (Phi) is 8.63. The Morgan fingerprint density at radius 1 is 0.525 bits per heavy atom. The van der Waals surface area contributed by atoms with Gasteiger partial charge in [0.2, 0.25) is 0 Å². The van der Waals surface area contributed by atoms with Crippen molar-refractivity contribution in [3.63, 3.8) is 0 Å². The molecule has 1 radical (unpaired) electrons. The smallest absolute Gasteiger partial charge is 0.0656 e. The molecule has 0 bridgehead atoms. The lowest BCUT2D eigenvalue weighted by molar-refractivity contribution is 0.884. The van der Waals surface area contributed by atoms with Gasteiger partial charge in [0.1, 0.15) is 8.80 Å². The van der Waals surface area contributed by atoms with Crippen molar-refractivity contribution in [2.75, 3.05) is 0 Å². The highest BCUT2D eigenvalue weighted by atomic mass is 28.3. The molecule has 211 valence electrons. The average Bonchev–Trinajstić information content (AvgIpc) is 3.03. The zero-order chi connectivity index (χ0) is 29.7. The number of aryl methyl sites for hydroxylation is 4. The van der Waals surface area contributed by atoms with E-state index in [9.17, 15) is 0 Å². The summed E-state index contributed by atoms with van der Waals surface area (Å²) in [4.78, 5) is 0. The number of hydrogen-bond acceptors (Lipinski definition) is 0. The fourth-order valence-corrected chi connectivity index (χ4v) is 12.4. The minimum Gasteiger partial charge on any atom is -0.0656 e. The van der Waals surface area contributed by atoms with E-state index in [1.165, 1.54) is 45.0 Å². The van der Waals surface area contributed by atoms with Crippen molar-refractivity contribution in [2.24, 2.45) is 5.92 Å². The first-order chi connectivity index (χ1) is 18.5. The van der Waals surface area contributed by atoms with Crippen LogP contribution in [0.5, 0.6) is 0 Å². The van der Waals surface area contributed by atoms with E-state index in [-0.39, 0.29) is 0 Å². The van der Waals surface area contributed by atoms with E-state index in [0.29, 0.717) is 5.92 Å². The van der Waals surface area contributed by atoms with Crippen molar-refractivity contribution in [3.05, 3.63) is 99.1 Å². The van der Waals surface area contributed by atoms with Crippen LogP contribution in [0.15, 0.2) is 71.3 Å². The second-order valence-corrected chi connectivity index (χ2v) is 27.3. The maximum Gasteiger partial charge on any atom is 0.122 e. The number of benzene rings is 3. The van der Waals surface area contributed by atoms with Crippen LogP contribution in [0, 0.1) is 33.6 Å². The van der Waals surface area contributed by atoms with Crippen LogP contribution in [0.1, 0.15) is 48.6 Å². The van der Waals surface area contributed by atoms with Gasteiger partial charge in [-0.3, -0.25) is 0 Å². The predicted molar refractivity (Wildman–Crippen MR) is 189 cm³/mol. The molecule has 0 amide bonds. The largest absolute Gasteiger partial charge is 0.122 e. The summed E-state index contributed by atoms with van der Waals surface area (Å²) in [5.74, 6) is 0.460. The second-order valence-electron chi connectivity index (χ2n) is 14.6. The Hall–Kier alpha value is -2.21. The van der Waals surface area contributed by atoms with Crippen LogP contribution in [-0.2, 0) is 0 Å². The van der Waals surface area contributed by atoms with Crippen molar-refractivity contribution < 1.29 is 0 Å². The SMILES string of the molecule is CC1=C(C)C(C[Si](c2cc(C)cc([Si](C)(C)C)c2)c2cc(C)cc([Si](C)(C)C)c2)C(c2cc(C)cc(C)c2)=C1C. The molecule has 0 fully saturated rings.